The predicted octanol–water partition coefficient (Wildman–Crippen LogP) is 3.47. The van der Waals surface area contributed by atoms with E-state index in [-0.39, 0.29) is 0 Å². The maximum absolute atomic E-state index is 5.68. The predicted molar refractivity (Wildman–Crippen MR) is 83.0 cm³/mol. The summed E-state index contributed by atoms with van der Waals surface area (Å²) in [7, 11) is 4.10. The van der Waals surface area contributed by atoms with Crippen LogP contribution in [0.15, 0.2) is 24.3 Å². The Morgan fingerprint density at radius 1 is 1.16 bits per heavy atom. The Morgan fingerprint density at radius 3 is 2.26 bits per heavy atom. The fraction of sp³-hybridized carbons (Fsp3) is 0.625. The van der Waals surface area contributed by atoms with E-state index in [1.807, 2.05) is 26.2 Å². The van der Waals surface area contributed by atoms with Crippen LogP contribution in [0.5, 0.6) is 5.75 Å². The third-order valence-electron chi connectivity index (χ3n) is 3.26. The van der Waals surface area contributed by atoms with E-state index >= 15 is 0 Å². The van der Waals surface area contributed by atoms with Crippen molar-refractivity contribution in [2.75, 3.05) is 32.6 Å². The molecule has 1 unspecified atom stereocenters. The number of ether oxygens (including phenoxy) is 1. The zero-order chi connectivity index (χ0) is 14.3. The van der Waals surface area contributed by atoms with Crippen LogP contribution >= 0.6 is 0 Å². The van der Waals surface area contributed by atoms with E-state index in [1.165, 1.54) is 5.69 Å². The topological polar surface area (TPSA) is 24.5 Å². The van der Waals surface area contributed by atoms with Crippen LogP contribution in [0.4, 0.5) is 5.69 Å². The first-order valence-electron chi connectivity index (χ1n) is 7.17. The lowest BCUT2D eigenvalue weighted by atomic mass is 10.0. The van der Waals surface area contributed by atoms with Crippen molar-refractivity contribution in [3.63, 3.8) is 0 Å². The SMILES string of the molecule is CCC(Nc1ccc(OCCN(C)C)cc1)C(C)C. The molecule has 19 heavy (non-hydrogen) atoms. The first kappa shape index (κ1) is 15.8. The Kier molecular flexibility index (Phi) is 6.71. The van der Waals surface area contributed by atoms with Gasteiger partial charge in [0.05, 0.1) is 0 Å². The molecule has 108 valence electrons. The van der Waals surface area contributed by atoms with Crippen molar-refractivity contribution >= 4 is 5.69 Å². The maximum atomic E-state index is 5.68. The quantitative estimate of drug-likeness (QED) is 0.778. The largest absolute Gasteiger partial charge is 0.492 e. The van der Waals surface area contributed by atoms with Gasteiger partial charge in [-0.1, -0.05) is 20.8 Å². The fourth-order valence-corrected chi connectivity index (χ4v) is 1.95. The highest BCUT2D eigenvalue weighted by Gasteiger charge is 2.10. The number of hydrogen-bond acceptors (Lipinski definition) is 3. The third kappa shape index (κ3) is 5.97. The molecule has 1 aromatic rings. The molecule has 1 aromatic carbocycles. The van der Waals surface area contributed by atoms with Gasteiger partial charge in [0.1, 0.15) is 12.4 Å². The molecule has 0 saturated heterocycles. The average molecular weight is 264 g/mol. The van der Waals surface area contributed by atoms with Crippen LogP contribution in [0.3, 0.4) is 0 Å². The molecule has 0 aliphatic carbocycles. The zero-order valence-electron chi connectivity index (χ0n) is 12.9. The number of likely N-dealkylation sites (N-methyl/N-ethyl adjacent to an activating group) is 1. The third-order valence-corrected chi connectivity index (χ3v) is 3.26. The van der Waals surface area contributed by atoms with Gasteiger partial charge < -0.3 is 15.0 Å². The molecule has 0 fully saturated rings. The van der Waals surface area contributed by atoms with Gasteiger partial charge in [0.15, 0.2) is 0 Å². The summed E-state index contributed by atoms with van der Waals surface area (Å²) in [4.78, 5) is 2.12. The van der Waals surface area contributed by atoms with Crippen molar-refractivity contribution in [2.24, 2.45) is 5.92 Å². The van der Waals surface area contributed by atoms with Crippen molar-refractivity contribution in [3.05, 3.63) is 24.3 Å². The monoisotopic (exact) mass is 264 g/mol. The van der Waals surface area contributed by atoms with Gasteiger partial charge >= 0.3 is 0 Å². The second kappa shape index (κ2) is 8.05. The van der Waals surface area contributed by atoms with Gasteiger partial charge in [-0.05, 0) is 50.7 Å². The van der Waals surface area contributed by atoms with E-state index in [9.17, 15) is 0 Å². The van der Waals surface area contributed by atoms with Crippen molar-refractivity contribution in [2.45, 2.75) is 33.2 Å². The number of hydrogen-bond donors (Lipinski definition) is 1. The highest BCUT2D eigenvalue weighted by atomic mass is 16.5. The lowest BCUT2D eigenvalue weighted by Gasteiger charge is -2.22. The Hall–Kier alpha value is -1.22. The summed E-state index contributed by atoms with van der Waals surface area (Å²) in [5.74, 6) is 1.58. The first-order chi connectivity index (χ1) is 9.02. The van der Waals surface area contributed by atoms with E-state index in [0.29, 0.717) is 12.0 Å². The molecule has 3 nitrogen and oxygen atoms in total. The van der Waals surface area contributed by atoms with Crippen molar-refractivity contribution < 1.29 is 4.74 Å². The van der Waals surface area contributed by atoms with Crippen LogP contribution in [0.1, 0.15) is 27.2 Å². The fourth-order valence-electron chi connectivity index (χ4n) is 1.95. The van der Waals surface area contributed by atoms with E-state index < -0.39 is 0 Å². The molecule has 0 saturated carbocycles. The summed E-state index contributed by atoms with van der Waals surface area (Å²) in [6.45, 7) is 8.38. The molecule has 0 amide bonds. The molecule has 0 aliphatic heterocycles. The van der Waals surface area contributed by atoms with Crippen LogP contribution in [-0.2, 0) is 0 Å². The molecule has 1 N–H and O–H groups in total. The van der Waals surface area contributed by atoms with Gasteiger partial charge in [0, 0.05) is 18.3 Å². The van der Waals surface area contributed by atoms with Gasteiger partial charge in [-0.2, -0.15) is 0 Å². The zero-order valence-corrected chi connectivity index (χ0v) is 12.9. The summed E-state index contributed by atoms with van der Waals surface area (Å²) >= 11 is 0. The van der Waals surface area contributed by atoms with Gasteiger partial charge in [-0.3, -0.25) is 0 Å². The molecular formula is C16H28N2O. The molecule has 1 rings (SSSR count). The van der Waals surface area contributed by atoms with Crippen LogP contribution in [-0.4, -0.2) is 38.2 Å². The number of rotatable bonds is 8. The minimum atomic E-state index is 0.528. The van der Waals surface area contributed by atoms with E-state index in [2.05, 4.69) is 43.1 Å². The first-order valence-corrected chi connectivity index (χ1v) is 7.17. The Labute approximate surface area is 118 Å². The molecule has 1 atom stereocenters. The summed E-state index contributed by atoms with van der Waals surface area (Å²) in [6.07, 6.45) is 1.14. The van der Waals surface area contributed by atoms with Gasteiger partial charge in [-0.25, -0.2) is 0 Å². The minimum Gasteiger partial charge on any atom is -0.492 e. The van der Waals surface area contributed by atoms with Crippen LogP contribution in [0, 0.1) is 5.92 Å². The lowest BCUT2D eigenvalue weighted by molar-refractivity contribution is 0.261. The number of anilines is 1. The van der Waals surface area contributed by atoms with Gasteiger partial charge in [-0.15, -0.1) is 0 Å². The van der Waals surface area contributed by atoms with E-state index in [4.69, 9.17) is 4.74 Å². The van der Waals surface area contributed by atoms with E-state index in [1.54, 1.807) is 0 Å². The highest BCUT2D eigenvalue weighted by molar-refractivity contribution is 5.47. The summed E-state index contributed by atoms with van der Waals surface area (Å²) in [5, 5.41) is 3.57. The van der Waals surface area contributed by atoms with Crippen LogP contribution < -0.4 is 10.1 Å². The molecule has 0 aliphatic rings. The van der Waals surface area contributed by atoms with Crippen LogP contribution in [0.25, 0.3) is 0 Å². The molecule has 0 heterocycles. The summed E-state index contributed by atoms with van der Waals surface area (Å²) < 4.78 is 5.68. The van der Waals surface area contributed by atoms with Crippen molar-refractivity contribution in [1.82, 2.24) is 4.90 Å². The molecule has 0 aromatic heterocycles. The second-order valence-electron chi connectivity index (χ2n) is 5.58. The van der Waals surface area contributed by atoms with Crippen LogP contribution in [0.2, 0.25) is 0 Å². The number of nitrogens with zero attached hydrogens (tertiary/aromatic N) is 1. The lowest BCUT2D eigenvalue weighted by Crippen LogP contribution is -2.24. The molecule has 3 heteroatoms. The number of benzene rings is 1. The average Bonchev–Trinajstić information content (AvgIpc) is 2.37. The minimum absolute atomic E-state index is 0.528. The molecular weight excluding hydrogens is 236 g/mol. The normalized spacial score (nSPS) is 12.8. The van der Waals surface area contributed by atoms with E-state index in [0.717, 1.165) is 25.3 Å². The summed E-state index contributed by atoms with van der Waals surface area (Å²) in [6, 6.07) is 8.78. The second-order valence-corrected chi connectivity index (χ2v) is 5.58. The smallest absolute Gasteiger partial charge is 0.119 e. The van der Waals surface area contributed by atoms with Gasteiger partial charge in [0.2, 0.25) is 0 Å². The molecule has 0 bridgehead atoms. The standard InChI is InChI=1S/C16H28N2O/c1-6-16(13(2)3)17-14-7-9-15(10-8-14)19-12-11-18(4)5/h7-10,13,16-17H,6,11-12H2,1-5H3. The van der Waals surface area contributed by atoms with Gasteiger partial charge in [0.25, 0.3) is 0 Å². The highest BCUT2D eigenvalue weighted by Crippen LogP contribution is 2.19. The Balaban J connectivity index is 2.47. The Bertz CT molecular complexity index is 346. The van der Waals surface area contributed by atoms with Crippen molar-refractivity contribution in [3.8, 4) is 5.75 Å². The van der Waals surface area contributed by atoms with Crippen molar-refractivity contribution in [1.29, 1.82) is 0 Å². The summed E-state index contributed by atoms with van der Waals surface area (Å²) in [5.41, 5.74) is 1.17. The maximum Gasteiger partial charge on any atom is 0.119 e. The Morgan fingerprint density at radius 2 is 1.79 bits per heavy atom. The number of nitrogens with one attached hydrogen (secondary N) is 1. The molecule has 0 spiro atoms. The molecule has 0 radical (unpaired) electrons.